The van der Waals surface area contributed by atoms with E-state index < -0.39 is 0 Å². The summed E-state index contributed by atoms with van der Waals surface area (Å²) in [5.41, 5.74) is 0.940. The van der Waals surface area contributed by atoms with Crippen molar-refractivity contribution in [2.24, 2.45) is 0 Å². The van der Waals surface area contributed by atoms with E-state index >= 15 is 0 Å². The highest BCUT2D eigenvalue weighted by Gasteiger charge is 1.92. The van der Waals surface area contributed by atoms with E-state index in [1.165, 1.54) is 4.98 Å². The highest BCUT2D eigenvalue weighted by atomic mass is 14.6. The van der Waals surface area contributed by atoms with Crippen LogP contribution < -0.4 is 4.98 Å². The zero-order valence-electron chi connectivity index (χ0n) is 6.49. The average molecular weight is 131 g/mol. The van der Waals surface area contributed by atoms with Crippen LogP contribution in [0.4, 0.5) is 0 Å². The molecule has 1 aromatic carbocycles. The molecule has 1 N–H and O–H groups in total. The Morgan fingerprint density at radius 1 is 1.10 bits per heavy atom. The number of hydrogen-bond donors (Lipinski definition) is 0. The van der Waals surface area contributed by atoms with E-state index in [1.807, 2.05) is 36.4 Å². The van der Waals surface area contributed by atoms with Crippen LogP contribution in [-0.2, 0) is 0 Å². The van der Waals surface area contributed by atoms with E-state index in [9.17, 15) is 0 Å². The number of aromatic amines is 1. The SMILES string of the molecule is [2H][n+]1cccc2ccccc21. The largest absolute Gasteiger partial charge is 0.453 e. The van der Waals surface area contributed by atoms with Crippen LogP contribution in [0.5, 0.6) is 0 Å². The van der Waals surface area contributed by atoms with Crippen LogP contribution in [0.1, 0.15) is 0 Å². The summed E-state index contributed by atoms with van der Waals surface area (Å²) in [6.07, 6.45) is 1.72. The molecule has 0 radical (unpaired) electrons. The summed E-state index contributed by atoms with van der Waals surface area (Å²) in [4.78, 5) is 1.37. The Morgan fingerprint density at radius 2 is 1.90 bits per heavy atom. The lowest BCUT2D eigenvalue weighted by atomic mass is 10.2. The van der Waals surface area contributed by atoms with Crippen LogP contribution in [-0.4, -0.2) is 0 Å². The van der Waals surface area contributed by atoms with E-state index in [4.69, 9.17) is 1.41 Å². The lowest BCUT2D eigenvalue weighted by Gasteiger charge is -1.85. The second kappa shape index (κ2) is 2.10. The summed E-state index contributed by atoms with van der Waals surface area (Å²) in [7, 11) is 0. The molecule has 0 spiro atoms. The zero-order chi connectivity index (χ0) is 7.68. The van der Waals surface area contributed by atoms with Crippen LogP contribution in [0.2, 0.25) is 1.41 Å². The molecular weight excluding hydrogens is 122 g/mol. The monoisotopic (exact) mass is 131 g/mol. The van der Waals surface area contributed by atoms with Gasteiger partial charge in [-0.2, -0.15) is 0 Å². The first-order valence-corrected chi connectivity index (χ1v) is 3.26. The summed E-state index contributed by atoms with van der Waals surface area (Å²) in [6.45, 7) is 0. The number of rotatable bonds is 0. The van der Waals surface area contributed by atoms with E-state index in [1.54, 1.807) is 6.20 Å². The smallest absolute Gasteiger partial charge is 0.211 e. The summed E-state index contributed by atoms with van der Waals surface area (Å²) >= 11 is 0. The minimum atomic E-state index is 0.940. The normalized spacial score (nSPS) is 11.4. The molecule has 0 saturated carbocycles. The maximum Gasteiger partial charge on any atom is 0.453 e. The lowest BCUT2D eigenvalue weighted by molar-refractivity contribution is -0.344. The molecule has 0 aliphatic heterocycles. The summed E-state index contributed by atoms with van der Waals surface area (Å²) in [5.74, 6) is 0. The Labute approximate surface area is 60.8 Å². The van der Waals surface area contributed by atoms with Gasteiger partial charge >= 0.3 is 1.41 Å². The van der Waals surface area contributed by atoms with Crippen molar-refractivity contribution in [2.45, 2.75) is 0 Å². The van der Waals surface area contributed by atoms with Crippen molar-refractivity contribution in [3.63, 3.8) is 0 Å². The Hall–Kier alpha value is -1.37. The number of hydrogen-bond acceptors (Lipinski definition) is 0. The third kappa shape index (κ3) is 0.760. The van der Waals surface area contributed by atoms with Gasteiger partial charge in [-0.3, -0.25) is 0 Å². The molecule has 0 aliphatic carbocycles. The van der Waals surface area contributed by atoms with Gasteiger partial charge in [-0.1, -0.05) is 12.1 Å². The molecule has 0 atom stereocenters. The predicted octanol–water partition coefficient (Wildman–Crippen LogP) is 1.65. The molecule has 2 rings (SSSR count). The van der Waals surface area contributed by atoms with Crippen LogP contribution >= 0.6 is 0 Å². The fourth-order valence-electron chi connectivity index (χ4n) is 1.02. The average Bonchev–Trinajstić information content (AvgIpc) is 2.06. The third-order valence-electron chi connectivity index (χ3n) is 1.51. The summed E-state index contributed by atoms with van der Waals surface area (Å²) in [6, 6.07) is 11.7. The third-order valence-corrected chi connectivity index (χ3v) is 1.51. The number of benzene rings is 1. The molecule has 1 heterocycles. The van der Waals surface area contributed by atoms with Crippen LogP contribution in [0.3, 0.4) is 0 Å². The summed E-state index contributed by atoms with van der Waals surface area (Å²) < 4.78 is 7.48. The van der Waals surface area contributed by atoms with E-state index in [0.29, 0.717) is 0 Å². The molecule has 0 bridgehead atoms. The number of pyridine rings is 1. The Morgan fingerprint density at radius 3 is 2.80 bits per heavy atom. The maximum atomic E-state index is 7.48. The van der Waals surface area contributed by atoms with Gasteiger partial charge in [0.2, 0.25) is 5.52 Å². The number of aromatic nitrogens is 1. The van der Waals surface area contributed by atoms with Crippen LogP contribution in [0.25, 0.3) is 10.9 Å². The number of H-pyrrole nitrogens is 1. The number of fused-ring (bicyclic) bond motifs is 1. The molecule has 48 valence electrons. The highest BCUT2D eigenvalue weighted by Crippen LogP contribution is 2.04. The Kier molecular flexibility index (Phi) is 0.935. The van der Waals surface area contributed by atoms with Crippen molar-refractivity contribution in [3.8, 4) is 0 Å². The molecule has 0 aliphatic rings. The molecule has 0 fully saturated rings. The van der Waals surface area contributed by atoms with Gasteiger partial charge < -0.3 is 0 Å². The predicted molar refractivity (Wildman–Crippen MR) is 40.5 cm³/mol. The second-order valence-corrected chi connectivity index (χ2v) is 2.20. The fourth-order valence-corrected chi connectivity index (χ4v) is 1.02. The van der Waals surface area contributed by atoms with Gasteiger partial charge in [-0.05, 0) is 12.1 Å². The van der Waals surface area contributed by atoms with Gasteiger partial charge in [-0.15, -0.1) is 0 Å². The van der Waals surface area contributed by atoms with E-state index in [2.05, 4.69) is 0 Å². The zero-order valence-corrected chi connectivity index (χ0v) is 5.49. The molecule has 0 amide bonds. The van der Waals surface area contributed by atoms with Crippen molar-refractivity contribution in [3.05, 3.63) is 42.6 Å². The van der Waals surface area contributed by atoms with E-state index in [0.717, 1.165) is 10.9 Å². The topological polar surface area (TPSA) is 14.1 Å². The molecule has 0 saturated heterocycles. The molecule has 0 unspecified atom stereocenters. The first kappa shape index (κ1) is 4.45. The highest BCUT2D eigenvalue weighted by molar-refractivity contribution is 5.74. The van der Waals surface area contributed by atoms with Crippen molar-refractivity contribution in [1.82, 2.24) is 0 Å². The lowest BCUT2D eigenvalue weighted by Crippen LogP contribution is -1.99. The maximum absolute atomic E-state index is 7.48. The number of nitrogens with one attached hydrogen (secondary N) is 1. The first-order valence-electron chi connectivity index (χ1n) is 3.71. The van der Waals surface area contributed by atoms with Gasteiger partial charge in [0, 0.05) is 17.5 Å². The standard InChI is InChI=1S/C9H7N/c1-2-6-9-8(4-1)5-3-7-10-9/h1-7H/p+1/i/hD. The van der Waals surface area contributed by atoms with Gasteiger partial charge in [0.1, 0.15) is 0 Å². The van der Waals surface area contributed by atoms with Gasteiger partial charge in [0.15, 0.2) is 6.20 Å². The minimum Gasteiger partial charge on any atom is -0.211 e. The van der Waals surface area contributed by atoms with Crippen molar-refractivity contribution in [1.29, 1.82) is 0 Å². The summed E-state index contributed by atoms with van der Waals surface area (Å²) in [5, 5.41) is 1.10. The van der Waals surface area contributed by atoms with Crippen molar-refractivity contribution in [2.75, 3.05) is 0 Å². The molecule has 2 aromatic rings. The van der Waals surface area contributed by atoms with Gasteiger partial charge in [-0.25, -0.2) is 4.98 Å². The second-order valence-electron chi connectivity index (χ2n) is 2.20. The van der Waals surface area contributed by atoms with Gasteiger partial charge in [0.25, 0.3) is 0 Å². The Balaban J connectivity index is 2.91. The fraction of sp³-hybridized carbons (Fsp3) is 0. The molecule has 10 heavy (non-hydrogen) atoms. The van der Waals surface area contributed by atoms with Crippen molar-refractivity contribution >= 4 is 10.9 Å². The molecular formula is C9H8N+. The van der Waals surface area contributed by atoms with Gasteiger partial charge in [0.05, 0.1) is 0 Å². The Bertz CT molecular complexity index is 379. The number of para-hydroxylation sites is 1. The minimum absolute atomic E-state index is 0.940. The van der Waals surface area contributed by atoms with E-state index in [-0.39, 0.29) is 0 Å². The van der Waals surface area contributed by atoms with Crippen LogP contribution in [0.15, 0.2) is 42.6 Å². The molecule has 1 nitrogen and oxygen atoms in total. The van der Waals surface area contributed by atoms with Crippen LogP contribution in [0, 0.1) is 0 Å². The molecule has 1 aromatic heterocycles. The van der Waals surface area contributed by atoms with Crippen molar-refractivity contribution < 1.29 is 6.39 Å². The molecule has 1 heteroatoms. The quantitative estimate of drug-likeness (QED) is 0.516. The first-order chi connectivity index (χ1) is 5.38.